The Kier molecular flexibility index (Phi) is 3.23. The zero-order chi connectivity index (χ0) is 8.27. The van der Waals surface area contributed by atoms with E-state index in [9.17, 15) is 0 Å². The highest BCUT2D eigenvalue weighted by Crippen LogP contribution is 2.02. The SMILES string of the molecule is CC1CN(CC(N)=S)CCO1. The molecule has 0 saturated carbocycles. The van der Waals surface area contributed by atoms with Gasteiger partial charge in [-0.2, -0.15) is 0 Å². The van der Waals surface area contributed by atoms with Crippen LogP contribution in [0.3, 0.4) is 0 Å². The van der Waals surface area contributed by atoms with E-state index in [2.05, 4.69) is 11.8 Å². The molecule has 1 atom stereocenters. The van der Waals surface area contributed by atoms with E-state index >= 15 is 0 Å². The molecular formula is C7H14N2OS. The maximum absolute atomic E-state index is 5.42. The largest absolute Gasteiger partial charge is 0.392 e. The van der Waals surface area contributed by atoms with Gasteiger partial charge in [-0.3, -0.25) is 4.90 Å². The van der Waals surface area contributed by atoms with Crippen molar-refractivity contribution >= 4 is 17.2 Å². The van der Waals surface area contributed by atoms with E-state index in [1.807, 2.05) is 0 Å². The van der Waals surface area contributed by atoms with E-state index in [0.29, 0.717) is 11.1 Å². The highest BCUT2D eigenvalue weighted by molar-refractivity contribution is 7.80. The zero-order valence-corrected chi connectivity index (χ0v) is 7.56. The van der Waals surface area contributed by atoms with Crippen molar-refractivity contribution in [1.29, 1.82) is 0 Å². The predicted octanol–water partition coefficient (Wildman–Crippen LogP) is -0.00680. The first-order valence-corrected chi connectivity index (χ1v) is 4.21. The van der Waals surface area contributed by atoms with Crippen molar-refractivity contribution in [1.82, 2.24) is 4.90 Å². The Morgan fingerprint density at radius 1 is 1.82 bits per heavy atom. The van der Waals surface area contributed by atoms with Crippen LogP contribution < -0.4 is 5.73 Å². The van der Waals surface area contributed by atoms with Crippen LogP contribution >= 0.6 is 12.2 Å². The van der Waals surface area contributed by atoms with Crippen molar-refractivity contribution in [2.75, 3.05) is 26.2 Å². The lowest BCUT2D eigenvalue weighted by Gasteiger charge is -2.30. The Balaban J connectivity index is 2.28. The second-order valence-electron chi connectivity index (χ2n) is 2.88. The van der Waals surface area contributed by atoms with Crippen LogP contribution in [0.25, 0.3) is 0 Å². The number of ether oxygens (including phenoxy) is 1. The number of rotatable bonds is 2. The normalized spacial score (nSPS) is 26.8. The fraction of sp³-hybridized carbons (Fsp3) is 0.857. The molecule has 1 unspecified atom stereocenters. The molecule has 0 radical (unpaired) electrons. The quantitative estimate of drug-likeness (QED) is 0.598. The average Bonchev–Trinajstić information content (AvgIpc) is 1.85. The molecule has 0 amide bonds. The van der Waals surface area contributed by atoms with Gasteiger partial charge in [-0.1, -0.05) is 12.2 Å². The second-order valence-corrected chi connectivity index (χ2v) is 3.41. The molecule has 11 heavy (non-hydrogen) atoms. The Bertz CT molecular complexity index is 151. The molecule has 0 aromatic carbocycles. The Labute approximate surface area is 72.5 Å². The van der Waals surface area contributed by atoms with Crippen LogP contribution in [-0.2, 0) is 4.74 Å². The molecule has 1 aliphatic rings. The molecule has 1 aliphatic heterocycles. The second kappa shape index (κ2) is 3.99. The summed E-state index contributed by atoms with van der Waals surface area (Å²) in [4.78, 5) is 2.79. The highest BCUT2D eigenvalue weighted by Gasteiger charge is 2.16. The number of nitrogens with zero attached hydrogens (tertiary/aromatic N) is 1. The molecule has 64 valence electrons. The lowest BCUT2D eigenvalue weighted by atomic mass is 10.3. The summed E-state index contributed by atoms with van der Waals surface area (Å²) >= 11 is 4.81. The summed E-state index contributed by atoms with van der Waals surface area (Å²) < 4.78 is 5.36. The van der Waals surface area contributed by atoms with E-state index in [4.69, 9.17) is 22.7 Å². The first kappa shape index (κ1) is 8.90. The van der Waals surface area contributed by atoms with E-state index in [1.54, 1.807) is 0 Å². The Hall–Kier alpha value is -0.190. The molecule has 0 aromatic heterocycles. The molecule has 1 heterocycles. The van der Waals surface area contributed by atoms with Crippen molar-refractivity contribution in [3.63, 3.8) is 0 Å². The van der Waals surface area contributed by atoms with Gasteiger partial charge in [0.1, 0.15) is 0 Å². The monoisotopic (exact) mass is 174 g/mol. The summed E-state index contributed by atoms with van der Waals surface area (Å²) in [6, 6.07) is 0. The number of thiocarbonyl (C=S) groups is 1. The number of hydrogen-bond donors (Lipinski definition) is 1. The summed E-state index contributed by atoms with van der Waals surface area (Å²) in [5.41, 5.74) is 5.42. The van der Waals surface area contributed by atoms with Crippen molar-refractivity contribution < 1.29 is 4.74 Å². The molecule has 0 aliphatic carbocycles. The van der Waals surface area contributed by atoms with E-state index in [0.717, 1.165) is 26.2 Å². The van der Waals surface area contributed by atoms with E-state index < -0.39 is 0 Å². The molecule has 1 rings (SSSR count). The maximum Gasteiger partial charge on any atom is 0.0870 e. The van der Waals surface area contributed by atoms with Crippen molar-refractivity contribution in [2.24, 2.45) is 5.73 Å². The topological polar surface area (TPSA) is 38.5 Å². The van der Waals surface area contributed by atoms with Gasteiger partial charge in [-0.05, 0) is 6.92 Å². The number of nitrogens with two attached hydrogens (primary N) is 1. The van der Waals surface area contributed by atoms with Gasteiger partial charge >= 0.3 is 0 Å². The van der Waals surface area contributed by atoms with E-state index in [-0.39, 0.29) is 0 Å². The highest BCUT2D eigenvalue weighted by atomic mass is 32.1. The molecule has 0 aromatic rings. The van der Waals surface area contributed by atoms with Gasteiger partial charge in [-0.25, -0.2) is 0 Å². The molecule has 0 bridgehead atoms. The van der Waals surface area contributed by atoms with Crippen molar-refractivity contribution in [2.45, 2.75) is 13.0 Å². The third-order valence-corrected chi connectivity index (χ3v) is 1.83. The van der Waals surface area contributed by atoms with Crippen LogP contribution in [0.1, 0.15) is 6.92 Å². The van der Waals surface area contributed by atoms with Gasteiger partial charge in [-0.15, -0.1) is 0 Å². The fourth-order valence-electron chi connectivity index (χ4n) is 1.25. The third-order valence-electron chi connectivity index (χ3n) is 1.70. The van der Waals surface area contributed by atoms with Crippen LogP contribution in [0.15, 0.2) is 0 Å². The van der Waals surface area contributed by atoms with Gasteiger partial charge in [0.05, 0.1) is 17.7 Å². The molecule has 2 N–H and O–H groups in total. The fourth-order valence-corrected chi connectivity index (χ4v) is 1.44. The van der Waals surface area contributed by atoms with Crippen LogP contribution in [0.4, 0.5) is 0 Å². The molecule has 1 fully saturated rings. The standard InChI is InChI=1S/C7H14N2OS/c1-6-4-9(2-3-10-6)5-7(8)11/h6H,2-5H2,1H3,(H2,8,11). The van der Waals surface area contributed by atoms with Crippen LogP contribution in [-0.4, -0.2) is 42.2 Å². The minimum Gasteiger partial charge on any atom is -0.392 e. The first-order chi connectivity index (χ1) is 5.18. The van der Waals surface area contributed by atoms with Gasteiger partial charge in [0.15, 0.2) is 0 Å². The van der Waals surface area contributed by atoms with Gasteiger partial charge in [0, 0.05) is 19.6 Å². The Morgan fingerprint density at radius 3 is 3.09 bits per heavy atom. The van der Waals surface area contributed by atoms with Crippen molar-refractivity contribution in [3.05, 3.63) is 0 Å². The van der Waals surface area contributed by atoms with E-state index in [1.165, 1.54) is 0 Å². The summed E-state index contributed by atoms with van der Waals surface area (Å²) in [5.74, 6) is 0. The molecule has 4 heteroatoms. The first-order valence-electron chi connectivity index (χ1n) is 3.81. The van der Waals surface area contributed by atoms with Crippen molar-refractivity contribution in [3.8, 4) is 0 Å². The molecule has 1 saturated heterocycles. The molecule has 3 nitrogen and oxygen atoms in total. The van der Waals surface area contributed by atoms with Gasteiger partial charge in [0.2, 0.25) is 0 Å². The van der Waals surface area contributed by atoms with Gasteiger partial charge < -0.3 is 10.5 Å². The van der Waals surface area contributed by atoms with Crippen LogP contribution in [0, 0.1) is 0 Å². The summed E-state index contributed by atoms with van der Waals surface area (Å²) in [5, 5.41) is 0. The lowest BCUT2D eigenvalue weighted by molar-refractivity contribution is -0.0125. The number of morpholine rings is 1. The predicted molar refractivity (Wildman–Crippen MR) is 48.6 cm³/mol. The maximum atomic E-state index is 5.42. The summed E-state index contributed by atoms with van der Waals surface area (Å²) in [6.07, 6.45) is 0.318. The van der Waals surface area contributed by atoms with Crippen LogP contribution in [0.5, 0.6) is 0 Å². The smallest absolute Gasteiger partial charge is 0.0870 e. The minimum absolute atomic E-state index is 0.318. The van der Waals surface area contributed by atoms with Gasteiger partial charge in [0.25, 0.3) is 0 Å². The zero-order valence-electron chi connectivity index (χ0n) is 6.75. The molecule has 0 spiro atoms. The summed E-state index contributed by atoms with van der Waals surface area (Å²) in [6.45, 7) is 5.47. The van der Waals surface area contributed by atoms with Crippen LogP contribution in [0.2, 0.25) is 0 Å². The molecular weight excluding hydrogens is 160 g/mol. The minimum atomic E-state index is 0.318. The average molecular weight is 174 g/mol. The third kappa shape index (κ3) is 3.14. The number of hydrogen-bond acceptors (Lipinski definition) is 3. The Morgan fingerprint density at radius 2 is 2.55 bits per heavy atom. The summed E-state index contributed by atoms with van der Waals surface area (Å²) in [7, 11) is 0. The lowest BCUT2D eigenvalue weighted by Crippen LogP contribution is -2.44.